The number of carboxylic acids is 1. The molecule has 9 nitrogen and oxygen atoms in total. The van der Waals surface area contributed by atoms with E-state index in [-0.39, 0.29) is 30.9 Å². The second kappa shape index (κ2) is 11.6. The summed E-state index contributed by atoms with van der Waals surface area (Å²) in [5.41, 5.74) is 3.41. The van der Waals surface area contributed by atoms with Gasteiger partial charge in [0.05, 0.1) is 26.4 Å². The Kier molecular flexibility index (Phi) is 8.58. The van der Waals surface area contributed by atoms with Crippen molar-refractivity contribution < 1.29 is 29.2 Å². The van der Waals surface area contributed by atoms with Crippen molar-refractivity contribution in [3.63, 3.8) is 0 Å². The zero-order valence-corrected chi connectivity index (χ0v) is 19.7. The first-order valence-electron chi connectivity index (χ1n) is 10.00. The molecular weight excluding hydrogens is 494 g/mol. The third-order valence-corrected chi connectivity index (χ3v) is 5.76. The zero-order valence-electron chi connectivity index (χ0n) is 18.1. The highest BCUT2D eigenvalue weighted by Crippen LogP contribution is 2.32. The lowest BCUT2D eigenvalue weighted by atomic mass is 10.0. The van der Waals surface area contributed by atoms with E-state index in [0.29, 0.717) is 5.56 Å². The van der Waals surface area contributed by atoms with E-state index < -0.39 is 18.6 Å². The number of aromatic nitrogens is 2. The van der Waals surface area contributed by atoms with Gasteiger partial charge in [-0.15, -0.1) is 0 Å². The number of ether oxygens (including phenoxy) is 3. The molecule has 0 aliphatic rings. The van der Waals surface area contributed by atoms with Gasteiger partial charge in [0.2, 0.25) is 11.8 Å². The topological polar surface area (TPSA) is 123 Å². The molecule has 174 valence electrons. The molecule has 0 spiro atoms. The highest BCUT2D eigenvalue weighted by molar-refractivity contribution is 9.10. The van der Waals surface area contributed by atoms with Gasteiger partial charge in [0.25, 0.3) is 0 Å². The Morgan fingerprint density at radius 1 is 1.06 bits per heavy atom. The van der Waals surface area contributed by atoms with Crippen molar-refractivity contribution in [3.05, 3.63) is 64.1 Å². The molecule has 10 heteroatoms. The van der Waals surface area contributed by atoms with E-state index in [4.69, 9.17) is 19.3 Å². The van der Waals surface area contributed by atoms with Crippen LogP contribution in [-0.4, -0.2) is 53.0 Å². The van der Waals surface area contributed by atoms with E-state index in [1.54, 1.807) is 0 Å². The zero-order chi connectivity index (χ0) is 23.8. The molecular formula is C23H24BrN3O6. The third-order valence-electron chi connectivity index (χ3n) is 4.82. The molecule has 1 heterocycles. The largest absolute Gasteiger partial charge is 0.481 e. The fourth-order valence-corrected chi connectivity index (χ4v) is 3.72. The minimum atomic E-state index is -1.18. The Balaban J connectivity index is 1.80. The van der Waals surface area contributed by atoms with Gasteiger partial charge in [-0.1, -0.05) is 48.5 Å². The van der Waals surface area contributed by atoms with Crippen molar-refractivity contribution in [2.24, 2.45) is 0 Å². The lowest BCUT2D eigenvalue weighted by molar-refractivity contribution is -0.140. The molecule has 0 saturated carbocycles. The fourth-order valence-electron chi connectivity index (χ4n) is 3.11. The SMILES string of the molecule is COc1nc(OCc2cccc(-c3ccccc3)c2Br)nc(OC)c1CN[C@@H](CO)C(=O)O. The molecule has 0 saturated heterocycles. The van der Waals surface area contributed by atoms with Gasteiger partial charge in [0, 0.05) is 16.6 Å². The number of rotatable bonds is 11. The first-order chi connectivity index (χ1) is 16.0. The quantitative estimate of drug-likeness (QED) is 0.352. The maximum atomic E-state index is 11.1. The van der Waals surface area contributed by atoms with Crippen LogP contribution in [0.3, 0.4) is 0 Å². The number of carboxylic acid groups (broad SMARTS) is 1. The number of nitrogens with one attached hydrogen (secondary N) is 1. The summed E-state index contributed by atoms with van der Waals surface area (Å²) in [6, 6.07) is 14.8. The Bertz CT molecular complexity index is 1070. The van der Waals surface area contributed by atoms with Gasteiger partial charge < -0.3 is 24.4 Å². The Hall–Kier alpha value is -3.21. The van der Waals surface area contributed by atoms with Crippen LogP contribution in [0.4, 0.5) is 0 Å². The standard InChI is InChI=1S/C23H24BrN3O6/c1-31-20-17(11-25-18(12-28)22(29)30)21(32-2)27-23(26-20)33-13-15-9-6-10-16(19(15)24)14-7-4-3-5-8-14/h3-10,18,25,28H,11-13H2,1-2H3,(H,29,30)/t18-/m0/s1. The van der Waals surface area contributed by atoms with Gasteiger partial charge >= 0.3 is 12.0 Å². The summed E-state index contributed by atoms with van der Waals surface area (Å²) in [6.45, 7) is -0.371. The first-order valence-corrected chi connectivity index (χ1v) is 10.8. The van der Waals surface area contributed by atoms with E-state index >= 15 is 0 Å². The summed E-state index contributed by atoms with van der Waals surface area (Å²) in [5.74, 6) is -0.841. The number of hydrogen-bond acceptors (Lipinski definition) is 8. The van der Waals surface area contributed by atoms with Gasteiger partial charge in [-0.3, -0.25) is 10.1 Å². The highest BCUT2D eigenvalue weighted by atomic mass is 79.9. The van der Waals surface area contributed by atoms with Crippen LogP contribution >= 0.6 is 15.9 Å². The van der Waals surface area contributed by atoms with E-state index in [1.807, 2.05) is 48.5 Å². The average Bonchev–Trinajstić information content (AvgIpc) is 2.84. The van der Waals surface area contributed by atoms with Crippen LogP contribution in [0.5, 0.6) is 17.8 Å². The summed E-state index contributed by atoms with van der Waals surface area (Å²) in [4.78, 5) is 19.7. The molecule has 33 heavy (non-hydrogen) atoms. The predicted octanol–water partition coefficient (Wildman–Crippen LogP) is 3.04. The van der Waals surface area contributed by atoms with Crippen LogP contribution in [0, 0.1) is 0 Å². The third kappa shape index (κ3) is 5.98. The lowest BCUT2D eigenvalue weighted by Gasteiger charge is -2.16. The van der Waals surface area contributed by atoms with E-state index in [9.17, 15) is 9.90 Å². The Labute approximate surface area is 199 Å². The Morgan fingerprint density at radius 3 is 2.30 bits per heavy atom. The summed E-state index contributed by atoms with van der Waals surface area (Å²) >= 11 is 3.67. The highest BCUT2D eigenvalue weighted by Gasteiger charge is 2.21. The summed E-state index contributed by atoms with van der Waals surface area (Å²) in [7, 11) is 2.85. The van der Waals surface area contributed by atoms with Gasteiger partial charge in [-0.05, 0) is 27.1 Å². The second-order valence-corrected chi connectivity index (χ2v) is 7.68. The molecule has 0 aliphatic heterocycles. The molecule has 3 aromatic rings. The Morgan fingerprint density at radius 2 is 1.73 bits per heavy atom. The smallest absolute Gasteiger partial charge is 0.323 e. The van der Waals surface area contributed by atoms with Crippen molar-refractivity contribution in [1.29, 1.82) is 0 Å². The maximum Gasteiger partial charge on any atom is 0.323 e. The summed E-state index contributed by atoms with van der Waals surface area (Å²) in [6.07, 6.45) is 0. The molecule has 3 N–H and O–H groups in total. The maximum absolute atomic E-state index is 11.1. The molecule has 0 bridgehead atoms. The molecule has 0 unspecified atom stereocenters. The van der Waals surface area contributed by atoms with Crippen molar-refractivity contribution >= 4 is 21.9 Å². The number of nitrogens with zero attached hydrogens (tertiary/aromatic N) is 2. The van der Waals surface area contributed by atoms with Crippen molar-refractivity contribution in [2.45, 2.75) is 19.2 Å². The van der Waals surface area contributed by atoms with Crippen LogP contribution in [0.15, 0.2) is 53.0 Å². The number of aliphatic hydroxyl groups excluding tert-OH is 1. The van der Waals surface area contributed by atoms with Crippen molar-refractivity contribution in [2.75, 3.05) is 20.8 Å². The number of carbonyl (C=O) groups is 1. The van der Waals surface area contributed by atoms with Gasteiger partial charge in [-0.25, -0.2) is 0 Å². The van der Waals surface area contributed by atoms with Gasteiger partial charge in [0.1, 0.15) is 12.6 Å². The number of halogens is 1. The summed E-state index contributed by atoms with van der Waals surface area (Å²) in [5, 5.41) is 21.0. The molecule has 0 aliphatic carbocycles. The minimum absolute atomic E-state index is 0.00875. The molecule has 1 aromatic heterocycles. The number of benzene rings is 2. The van der Waals surface area contributed by atoms with Gasteiger partial charge in [0.15, 0.2) is 0 Å². The lowest BCUT2D eigenvalue weighted by Crippen LogP contribution is -2.39. The van der Waals surface area contributed by atoms with Crippen LogP contribution in [-0.2, 0) is 17.9 Å². The van der Waals surface area contributed by atoms with Crippen molar-refractivity contribution in [3.8, 4) is 28.9 Å². The fraction of sp³-hybridized carbons (Fsp3) is 0.261. The molecule has 0 radical (unpaired) electrons. The number of aliphatic carboxylic acids is 1. The first kappa shape index (κ1) is 24.4. The number of aliphatic hydroxyl groups is 1. The number of hydrogen-bond donors (Lipinski definition) is 3. The number of methoxy groups -OCH3 is 2. The molecule has 3 rings (SSSR count). The second-order valence-electron chi connectivity index (χ2n) is 6.89. The normalized spacial score (nSPS) is 11.6. The van der Waals surface area contributed by atoms with E-state index in [0.717, 1.165) is 21.2 Å². The molecule has 0 fully saturated rings. The van der Waals surface area contributed by atoms with E-state index in [1.165, 1.54) is 14.2 Å². The van der Waals surface area contributed by atoms with Crippen LogP contribution in [0.2, 0.25) is 0 Å². The van der Waals surface area contributed by atoms with Crippen LogP contribution in [0.25, 0.3) is 11.1 Å². The summed E-state index contributed by atoms with van der Waals surface area (Å²) < 4.78 is 17.4. The van der Waals surface area contributed by atoms with Crippen LogP contribution in [0.1, 0.15) is 11.1 Å². The average molecular weight is 518 g/mol. The molecule has 1 atom stereocenters. The predicted molar refractivity (Wildman–Crippen MR) is 124 cm³/mol. The molecule has 0 amide bonds. The molecule has 2 aromatic carbocycles. The van der Waals surface area contributed by atoms with Crippen molar-refractivity contribution in [1.82, 2.24) is 15.3 Å². The van der Waals surface area contributed by atoms with E-state index in [2.05, 4.69) is 31.2 Å². The van der Waals surface area contributed by atoms with Crippen LogP contribution < -0.4 is 19.5 Å². The minimum Gasteiger partial charge on any atom is -0.481 e. The van der Waals surface area contributed by atoms with Gasteiger partial charge in [-0.2, -0.15) is 9.97 Å². The monoisotopic (exact) mass is 517 g/mol.